The van der Waals surface area contributed by atoms with Gasteiger partial charge in [0.15, 0.2) is 5.82 Å². The fourth-order valence-corrected chi connectivity index (χ4v) is 2.02. The molecule has 2 heterocycles. The zero-order valence-corrected chi connectivity index (χ0v) is 10.3. The standard InChI is InChI=1S/C12H20N4O/c1-2-5-13-9-11-10-17-8-7-16(11)12-4-3-6-14-15-12/h3-4,6,11,13H,2,5,7-10H2,1H3. The number of ether oxygens (including phenoxy) is 1. The van der Waals surface area contributed by atoms with Crippen molar-refractivity contribution in [2.75, 3.05) is 37.7 Å². The number of aromatic nitrogens is 2. The fourth-order valence-electron chi connectivity index (χ4n) is 2.02. The van der Waals surface area contributed by atoms with E-state index in [9.17, 15) is 0 Å². The van der Waals surface area contributed by atoms with Crippen LogP contribution in [-0.4, -0.2) is 49.1 Å². The van der Waals surface area contributed by atoms with Crippen LogP contribution in [0.3, 0.4) is 0 Å². The molecule has 1 aliphatic rings. The minimum Gasteiger partial charge on any atom is -0.377 e. The lowest BCUT2D eigenvalue weighted by atomic mass is 10.2. The molecular formula is C12H20N4O. The van der Waals surface area contributed by atoms with Gasteiger partial charge in [-0.05, 0) is 25.1 Å². The SMILES string of the molecule is CCCNCC1COCCN1c1cccnn1. The van der Waals surface area contributed by atoms with E-state index in [2.05, 4.69) is 27.3 Å². The normalized spacial score (nSPS) is 20.5. The molecule has 2 rings (SSSR count). The summed E-state index contributed by atoms with van der Waals surface area (Å²) < 4.78 is 5.53. The molecule has 5 heteroatoms. The third-order valence-electron chi connectivity index (χ3n) is 2.89. The summed E-state index contributed by atoms with van der Waals surface area (Å²) in [4.78, 5) is 2.28. The van der Waals surface area contributed by atoms with E-state index in [1.807, 2.05) is 12.1 Å². The first kappa shape index (κ1) is 12.3. The Morgan fingerprint density at radius 2 is 2.53 bits per heavy atom. The number of hydrogen-bond acceptors (Lipinski definition) is 5. The molecule has 1 aromatic heterocycles. The summed E-state index contributed by atoms with van der Waals surface area (Å²) in [6.07, 6.45) is 2.85. The van der Waals surface area contributed by atoms with E-state index in [-0.39, 0.29) is 0 Å². The smallest absolute Gasteiger partial charge is 0.151 e. The van der Waals surface area contributed by atoms with Crippen LogP contribution < -0.4 is 10.2 Å². The summed E-state index contributed by atoms with van der Waals surface area (Å²) in [6, 6.07) is 4.28. The molecule has 94 valence electrons. The lowest BCUT2D eigenvalue weighted by Crippen LogP contribution is -2.51. The topological polar surface area (TPSA) is 50.3 Å². The van der Waals surface area contributed by atoms with Gasteiger partial charge in [-0.3, -0.25) is 0 Å². The predicted octanol–water partition coefficient (Wildman–Crippen LogP) is 0.681. The Kier molecular flexibility index (Phi) is 4.70. The van der Waals surface area contributed by atoms with E-state index < -0.39 is 0 Å². The van der Waals surface area contributed by atoms with E-state index in [1.54, 1.807) is 6.20 Å². The van der Waals surface area contributed by atoms with Crippen LogP contribution >= 0.6 is 0 Å². The lowest BCUT2D eigenvalue weighted by Gasteiger charge is -2.36. The Morgan fingerprint density at radius 3 is 3.29 bits per heavy atom. The Bertz CT molecular complexity index is 320. The quantitative estimate of drug-likeness (QED) is 0.762. The molecule has 0 radical (unpaired) electrons. The summed E-state index contributed by atoms with van der Waals surface area (Å²) in [6.45, 7) is 6.56. The monoisotopic (exact) mass is 236 g/mol. The van der Waals surface area contributed by atoms with E-state index in [4.69, 9.17) is 4.74 Å². The van der Waals surface area contributed by atoms with Crippen molar-refractivity contribution in [3.8, 4) is 0 Å². The zero-order valence-electron chi connectivity index (χ0n) is 10.3. The maximum atomic E-state index is 5.53. The van der Waals surface area contributed by atoms with Crippen molar-refractivity contribution in [1.29, 1.82) is 0 Å². The Hall–Kier alpha value is -1.20. The fraction of sp³-hybridized carbons (Fsp3) is 0.667. The third-order valence-corrected chi connectivity index (χ3v) is 2.89. The van der Waals surface area contributed by atoms with E-state index >= 15 is 0 Å². The molecule has 1 N–H and O–H groups in total. The highest BCUT2D eigenvalue weighted by Crippen LogP contribution is 2.15. The minimum absolute atomic E-state index is 0.354. The van der Waals surface area contributed by atoms with E-state index in [0.29, 0.717) is 6.04 Å². The van der Waals surface area contributed by atoms with Gasteiger partial charge in [0.2, 0.25) is 0 Å². The molecule has 0 bridgehead atoms. The Morgan fingerprint density at radius 1 is 1.59 bits per heavy atom. The molecule has 1 aliphatic heterocycles. The highest BCUT2D eigenvalue weighted by atomic mass is 16.5. The second kappa shape index (κ2) is 6.51. The molecule has 0 spiro atoms. The van der Waals surface area contributed by atoms with Gasteiger partial charge in [0.25, 0.3) is 0 Å². The zero-order chi connectivity index (χ0) is 11.9. The molecule has 0 aliphatic carbocycles. The van der Waals surface area contributed by atoms with Gasteiger partial charge in [-0.1, -0.05) is 6.92 Å². The van der Waals surface area contributed by atoms with Crippen molar-refractivity contribution in [3.05, 3.63) is 18.3 Å². The van der Waals surface area contributed by atoms with Crippen molar-refractivity contribution < 1.29 is 4.74 Å². The molecule has 17 heavy (non-hydrogen) atoms. The minimum atomic E-state index is 0.354. The summed E-state index contributed by atoms with van der Waals surface area (Å²) >= 11 is 0. The predicted molar refractivity (Wildman–Crippen MR) is 67.1 cm³/mol. The van der Waals surface area contributed by atoms with Crippen LogP contribution in [0.4, 0.5) is 5.82 Å². The van der Waals surface area contributed by atoms with Crippen LogP contribution in [0.5, 0.6) is 0 Å². The highest BCUT2D eigenvalue weighted by molar-refractivity contribution is 5.38. The summed E-state index contributed by atoms with van der Waals surface area (Å²) in [7, 11) is 0. The van der Waals surface area contributed by atoms with Crippen molar-refractivity contribution >= 4 is 5.82 Å². The van der Waals surface area contributed by atoms with Gasteiger partial charge in [-0.25, -0.2) is 0 Å². The second-order valence-corrected chi connectivity index (χ2v) is 4.21. The van der Waals surface area contributed by atoms with Gasteiger partial charge in [0.1, 0.15) is 0 Å². The van der Waals surface area contributed by atoms with Crippen molar-refractivity contribution in [1.82, 2.24) is 15.5 Å². The molecule has 1 atom stereocenters. The summed E-state index contributed by atoms with van der Waals surface area (Å²) in [5.41, 5.74) is 0. The van der Waals surface area contributed by atoms with Crippen LogP contribution in [0.15, 0.2) is 18.3 Å². The van der Waals surface area contributed by atoms with Crippen LogP contribution in [0, 0.1) is 0 Å². The molecular weight excluding hydrogens is 216 g/mol. The van der Waals surface area contributed by atoms with Crippen LogP contribution in [0.1, 0.15) is 13.3 Å². The first-order chi connectivity index (χ1) is 8.42. The van der Waals surface area contributed by atoms with Gasteiger partial charge in [0, 0.05) is 19.3 Å². The Balaban J connectivity index is 1.97. The highest BCUT2D eigenvalue weighted by Gasteiger charge is 2.23. The van der Waals surface area contributed by atoms with Crippen molar-refractivity contribution in [2.45, 2.75) is 19.4 Å². The molecule has 1 saturated heterocycles. The molecule has 1 unspecified atom stereocenters. The number of hydrogen-bond donors (Lipinski definition) is 1. The van der Waals surface area contributed by atoms with E-state index in [0.717, 1.165) is 45.1 Å². The second-order valence-electron chi connectivity index (χ2n) is 4.21. The molecule has 5 nitrogen and oxygen atoms in total. The number of nitrogens with zero attached hydrogens (tertiary/aromatic N) is 3. The van der Waals surface area contributed by atoms with Gasteiger partial charge < -0.3 is 15.0 Å². The maximum absolute atomic E-state index is 5.53. The Labute approximate surface area is 102 Å². The van der Waals surface area contributed by atoms with Crippen molar-refractivity contribution in [2.24, 2.45) is 0 Å². The number of morpholine rings is 1. The summed E-state index contributed by atoms with van der Waals surface area (Å²) in [5.74, 6) is 0.944. The average Bonchev–Trinajstić information content (AvgIpc) is 2.41. The van der Waals surface area contributed by atoms with Crippen LogP contribution in [0.25, 0.3) is 0 Å². The molecule has 1 aromatic rings. The van der Waals surface area contributed by atoms with Gasteiger partial charge in [-0.2, -0.15) is 5.10 Å². The number of rotatable bonds is 5. The number of anilines is 1. The van der Waals surface area contributed by atoms with Crippen LogP contribution in [0.2, 0.25) is 0 Å². The summed E-state index contributed by atoms with van der Waals surface area (Å²) in [5, 5.41) is 11.5. The maximum Gasteiger partial charge on any atom is 0.151 e. The first-order valence-corrected chi connectivity index (χ1v) is 6.24. The van der Waals surface area contributed by atoms with Crippen LogP contribution in [-0.2, 0) is 4.74 Å². The first-order valence-electron chi connectivity index (χ1n) is 6.24. The van der Waals surface area contributed by atoms with E-state index in [1.165, 1.54) is 0 Å². The lowest BCUT2D eigenvalue weighted by molar-refractivity contribution is 0.0933. The molecule has 0 saturated carbocycles. The van der Waals surface area contributed by atoms with Gasteiger partial charge in [-0.15, -0.1) is 5.10 Å². The molecule has 0 amide bonds. The van der Waals surface area contributed by atoms with Crippen molar-refractivity contribution in [3.63, 3.8) is 0 Å². The van der Waals surface area contributed by atoms with Gasteiger partial charge in [0.05, 0.1) is 19.3 Å². The average molecular weight is 236 g/mol. The third kappa shape index (κ3) is 3.38. The molecule has 0 aromatic carbocycles. The largest absolute Gasteiger partial charge is 0.377 e. The van der Waals surface area contributed by atoms with Gasteiger partial charge >= 0.3 is 0 Å². The number of nitrogens with one attached hydrogen (secondary N) is 1. The molecule has 1 fully saturated rings.